The van der Waals surface area contributed by atoms with Crippen LogP contribution in [0.3, 0.4) is 0 Å². The summed E-state index contributed by atoms with van der Waals surface area (Å²) in [5.41, 5.74) is 8.63. The normalized spacial score (nSPS) is 14.5. The van der Waals surface area contributed by atoms with Gasteiger partial charge in [0.25, 0.3) is 5.91 Å². The largest absolute Gasteiger partial charge is 0.496 e. The van der Waals surface area contributed by atoms with Gasteiger partial charge in [-0.25, -0.2) is 0 Å². The number of nitrogens with one attached hydrogen (secondary N) is 1. The van der Waals surface area contributed by atoms with Crippen LogP contribution in [0.5, 0.6) is 5.75 Å². The van der Waals surface area contributed by atoms with Crippen molar-refractivity contribution in [2.45, 2.75) is 58.4 Å². The number of ether oxygens (including phenoxy) is 1. The van der Waals surface area contributed by atoms with Crippen LogP contribution in [0.15, 0.2) is 42.6 Å². The van der Waals surface area contributed by atoms with Gasteiger partial charge in [0.2, 0.25) is 0 Å². The lowest BCUT2D eigenvalue weighted by molar-refractivity contribution is 0.0932. The van der Waals surface area contributed by atoms with Gasteiger partial charge in [-0.15, -0.1) is 0 Å². The van der Waals surface area contributed by atoms with Crippen molar-refractivity contribution in [2.75, 3.05) is 39.0 Å². The van der Waals surface area contributed by atoms with Gasteiger partial charge in [-0.1, -0.05) is 43.1 Å². The van der Waals surface area contributed by atoms with Crippen LogP contribution in [-0.4, -0.2) is 54.4 Å². The number of methoxy groups -OCH3 is 1. The number of aryl methyl sites for hydroxylation is 1. The Morgan fingerprint density at radius 1 is 1.08 bits per heavy atom. The molecule has 1 fully saturated rings. The maximum Gasteiger partial charge on any atom is 0.255 e. The molecule has 0 saturated carbocycles. The summed E-state index contributed by atoms with van der Waals surface area (Å²) in [4.78, 5) is 28.2. The molecule has 0 aliphatic carbocycles. The molecule has 210 valence electrons. The van der Waals surface area contributed by atoms with E-state index < -0.39 is 0 Å². The number of anilines is 1. The highest BCUT2D eigenvalue weighted by Gasteiger charge is 2.21. The van der Waals surface area contributed by atoms with Crippen LogP contribution in [-0.2, 0) is 6.54 Å². The number of aromatic nitrogens is 1. The molecule has 3 aromatic rings. The number of nitrogen functional groups attached to an aromatic ring is 1. The van der Waals surface area contributed by atoms with E-state index in [2.05, 4.69) is 33.8 Å². The minimum atomic E-state index is -0.194. The third kappa shape index (κ3) is 7.34. The van der Waals surface area contributed by atoms with Gasteiger partial charge in [0.05, 0.1) is 23.4 Å². The first kappa shape index (κ1) is 29.0. The lowest BCUT2D eigenvalue weighted by atomic mass is 9.96. The fourth-order valence-corrected chi connectivity index (χ4v) is 5.65. The topological polar surface area (TPSA) is 89.6 Å². The van der Waals surface area contributed by atoms with Crippen molar-refractivity contribution in [3.63, 3.8) is 0 Å². The van der Waals surface area contributed by atoms with Gasteiger partial charge in [-0.2, -0.15) is 0 Å². The van der Waals surface area contributed by atoms with Crippen molar-refractivity contribution in [1.82, 2.24) is 14.8 Å². The van der Waals surface area contributed by atoms with Crippen LogP contribution in [0.4, 0.5) is 5.69 Å². The summed E-state index contributed by atoms with van der Waals surface area (Å²) >= 11 is 6.11. The van der Waals surface area contributed by atoms with Crippen molar-refractivity contribution in [3.05, 3.63) is 58.7 Å². The van der Waals surface area contributed by atoms with E-state index in [1.807, 2.05) is 18.3 Å². The molecule has 1 saturated heterocycles. The number of hydrogen-bond acceptors (Lipinski definition) is 5. The number of likely N-dealkylation sites (tertiary alicyclic amines) is 1. The number of benzene rings is 2. The van der Waals surface area contributed by atoms with Crippen molar-refractivity contribution in [1.29, 1.82) is 0 Å². The number of piperidine rings is 1. The van der Waals surface area contributed by atoms with Crippen LogP contribution in [0.2, 0.25) is 5.02 Å². The average molecular weight is 553 g/mol. The van der Waals surface area contributed by atoms with Crippen molar-refractivity contribution in [2.24, 2.45) is 5.92 Å². The number of nitrogens with two attached hydrogens (primary N) is 1. The second kappa shape index (κ2) is 13.9. The number of unbranched alkanes of at least 4 members (excludes halogenated alkanes) is 2. The molecule has 0 spiro atoms. The summed E-state index contributed by atoms with van der Waals surface area (Å²) in [6, 6.07) is 11.4. The van der Waals surface area contributed by atoms with Crippen molar-refractivity contribution >= 4 is 39.9 Å². The van der Waals surface area contributed by atoms with E-state index in [-0.39, 0.29) is 11.7 Å². The zero-order valence-electron chi connectivity index (χ0n) is 23.2. The monoisotopic (exact) mass is 552 g/mol. The van der Waals surface area contributed by atoms with E-state index in [1.165, 1.54) is 7.11 Å². The molecule has 39 heavy (non-hydrogen) atoms. The molecule has 1 aliphatic heterocycles. The summed E-state index contributed by atoms with van der Waals surface area (Å²) in [6.07, 6.45) is 8.89. The fourth-order valence-electron chi connectivity index (χ4n) is 5.49. The Hall–Kier alpha value is -3.03. The molecular weight excluding hydrogens is 512 g/mol. The minimum absolute atomic E-state index is 0.194. The first-order valence-corrected chi connectivity index (χ1v) is 14.5. The molecule has 4 rings (SSSR count). The molecule has 1 aromatic heterocycles. The third-order valence-electron chi connectivity index (χ3n) is 7.75. The molecule has 0 unspecified atom stereocenters. The molecule has 8 heteroatoms. The summed E-state index contributed by atoms with van der Waals surface area (Å²) in [7, 11) is 1.51. The highest BCUT2D eigenvalue weighted by Crippen LogP contribution is 2.29. The Bertz CT molecular complexity index is 1280. The average Bonchev–Trinajstić information content (AvgIpc) is 3.32. The van der Waals surface area contributed by atoms with E-state index in [4.69, 9.17) is 22.1 Å². The predicted octanol–water partition coefficient (Wildman–Crippen LogP) is 6.18. The van der Waals surface area contributed by atoms with E-state index in [9.17, 15) is 9.59 Å². The Labute approximate surface area is 236 Å². The van der Waals surface area contributed by atoms with Gasteiger partial charge in [-0.05, 0) is 69.8 Å². The summed E-state index contributed by atoms with van der Waals surface area (Å²) in [6.45, 7) is 6.86. The van der Waals surface area contributed by atoms with E-state index in [0.29, 0.717) is 40.9 Å². The Kier molecular flexibility index (Phi) is 10.3. The van der Waals surface area contributed by atoms with Crippen LogP contribution in [0.25, 0.3) is 10.9 Å². The van der Waals surface area contributed by atoms with E-state index in [1.54, 1.807) is 12.1 Å². The number of fused-ring (bicyclic) bond motifs is 1. The fraction of sp³-hybridized carbons (Fsp3) is 0.484. The molecule has 2 heterocycles. The molecule has 1 aliphatic rings. The van der Waals surface area contributed by atoms with Crippen LogP contribution in [0, 0.1) is 5.92 Å². The Balaban J connectivity index is 1.14. The highest BCUT2D eigenvalue weighted by molar-refractivity contribution is 6.33. The summed E-state index contributed by atoms with van der Waals surface area (Å²) in [5, 5.41) is 4.46. The van der Waals surface area contributed by atoms with Crippen LogP contribution < -0.4 is 15.8 Å². The third-order valence-corrected chi connectivity index (χ3v) is 8.08. The molecule has 7 nitrogen and oxygen atoms in total. The zero-order valence-corrected chi connectivity index (χ0v) is 23.9. The zero-order chi connectivity index (χ0) is 27.8. The second-order valence-electron chi connectivity index (χ2n) is 10.6. The standard InChI is InChI=1S/C31H41ClN4O3/c1-3-14-36-21-25(23-9-6-7-10-28(23)36)29(37)11-5-4-8-15-35-16-12-22(13-17-35)20-34-31(38)24-18-26(32)27(33)19-30(24)39-2/h6-7,9-10,18-19,21-22H,3-5,8,11-17,20,33H2,1-2H3,(H,34,38). The lowest BCUT2D eigenvalue weighted by Gasteiger charge is -2.32. The van der Waals surface area contributed by atoms with Gasteiger partial charge >= 0.3 is 0 Å². The number of ketones is 1. The molecule has 0 radical (unpaired) electrons. The number of carbonyl (C=O) groups is 2. The first-order chi connectivity index (χ1) is 18.9. The molecule has 2 aromatic carbocycles. The molecule has 3 N–H and O–H groups in total. The summed E-state index contributed by atoms with van der Waals surface area (Å²) in [5.74, 6) is 0.936. The number of para-hydroxylation sites is 1. The number of amides is 1. The van der Waals surface area contributed by atoms with Crippen molar-refractivity contribution < 1.29 is 14.3 Å². The van der Waals surface area contributed by atoms with Crippen molar-refractivity contribution in [3.8, 4) is 5.75 Å². The number of Topliss-reactive ketones (excluding diaryl/α,β-unsaturated/α-hetero) is 1. The SMILES string of the molecule is CCCn1cc(C(=O)CCCCCN2CCC(CNC(=O)c3cc(Cl)c(N)cc3OC)CC2)c2ccccc21. The predicted molar refractivity (Wildman–Crippen MR) is 159 cm³/mol. The lowest BCUT2D eigenvalue weighted by Crippen LogP contribution is -2.39. The first-order valence-electron chi connectivity index (χ1n) is 14.2. The second-order valence-corrected chi connectivity index (χ2v) is 11.0. The van der Waals surface area contributed by atoms with Gasteiger partial charge in [0.15, 0.2) is 5.78 Å². The van der Waals surface area contributed by atoms with Crippen LogP contribution in [0.1, 0.15) is 72.6 Å². The maximum atomic E-state index is 13.0. The maximum absolute atomic E-state index is 13.0. The quantitative estimate of drug-likeness (QED) is 0.150. The Morgan fingerprint density at radius 3 is 2.59 bits per heavy atom. The van der Waals surface area contributed by atoms with E-state index in [0.717, 1.165) is 81.2 Å². The number of halogens is 1. The molecular formula is C31H41ClN4O3. The van der Waals surface area contributed by atoms with Gasteiger partial charge in [0, 0.05) is 48.2 Å². The van der Waals surface area contributed by atoms with Crippen LogP contribution >= 0.6 is 11.6 Å². The van der Waals surface area contributed by atoms with Gasteiger partial charge < -0.3 is 25.3 Å². The molecule has 0 bridgehead atoms. The number of carbonyl (C=O) groups excluding carboxylic acids is 2. The Morgan fingerprint density at radius 2 is 1.85 bits per heavy atom. The summed E-state index contributed by atoms with van der Waals surface area (Å²) < 4.78 is 7.51. The molecule has 0 atom stereocenters. The minimum Gasteiger partial charge on any atom is -0.496 e. The number of rotatable bonds is 13. The number of nitrogens with zero attached hydrogens (tertiary/aromatic N) is 2. The number of hydrogen-bond donors (Lipinski definition) is 2. The highest BCUT2D eigenvalue weighted by atomic mass is 35.5. The van der Waals surface area contributed by atoms with Gasteiger partial charge in [0.1, 0.15) is 5.75 Å². The smallest absolute Gasteiger partial charge is 0.255 e. The van der Waals surface area contributed by atoms with Gasteiger partial charge in [-0.3, -0.25) is 9.59 Å². The molecule has 1 amide bonds. The van der Waals surface area contributed by atoms with E-state index >= 15 is 0 Å².